The molecule has 0 heterocycles. The molecule has 4 saturated carbocycles. The Labute approximate surface area is 146 Å². The average molecular weight is 335 g/mol. The van der Waals surface area contributed by atoms with Gasteiger partial charge in [0.25, 0.3) is 0 Å². The van der Waals surface area contributed by atoms with Crippen molar-refractivity contribution < 1.29 is 14.6 Å². The first kappa shape index (κ1) is 16.9. The molecule has 1 N–H and O–H groups in total. The predicted molar refractivity (Wildman–Crippen MR) is 93.3 cm³/mol. The highest BCUT2D eigenvalue weighted by Gasteiger charge is 2.68. The quantitative estimate of drug-likeness (QED) is 0.726. The third-order valence-electron chi connectivity index (χ3n) is 9.26. The van der Waals surface area contributed by atoms with Crippen molar-refractivity contribution in [3.8, 4) is 0 Å². The molecule has 0 saturated heterocycles. The summed E-state index contributed by atoms with van der Waals surface area (Å²) in [6.45, 7) is 6.93. The zero-order valence-corrected chi connectivity index (χ0v) is 15.9. The lowest BCUT2D eigenvalue weighted by molar-refractivity contribution is -0.185. The molecule has 0 aliphatic heterocycles. The Bertz CT molecular complexity index is 559. The number of aliphatic hydroxyl groups excluding tert-OH is 1. The van der Waals surface area contributed by atoms with Crippen LogP contribution in [0.4, 0.5) is 0 Å². The highest BCUT2D eigenvalue weighted by atomic mass is 16.5. The molecule has 4 fully saturated rings. The van der Waals surface area contributed by atoms with Gasteiger partial charge in [-0.15, -0.1) is 0 Å². The molecule has 0 aromatic carbocycles. The first-order valence-electron chi connectivity index (χ1n) is 9.97. The Hall–Kier alpha value is -0.570. The number of esters is 1. The summed E-state index contributed by atoms with van der Waals surface area (Å²) in [6.07, 6.45) is 10.1. The summed E-state index contributed by atoms with van der Waals surface area (Å²) in [6, 6.07) is 0. The van der Waals surface area contributed by atoms with E-state index in [1.807, 2.05) is 0 Å². The summed E-state index contributed by atoms with van der Waals surface area (Å²) in [7, 11) is 1.54. The molecule has 3 heteroatoms. The zero-order chi connectivity index (χ0) is 17.4. The Kier molecular flexibility index (Phi) is 3.51. The van der Waals surface area contributed by atoms with E-state index in [1.165, 1.54) is 25.7 Å². The number of rotatable bonds is 1. The second kappa shape index (κ2) is 4.99. The monoisotopic (exact) mass is 334 g/mol. The lowest BCUT2D eigenvalue weighted by Crippen LogP contribution is -2.58. The molecule has 0 radical (unpaired) electrons. The van der Waals surface area contributed by atoms with Crippen molar-refractivity contribution in [2.24, 2.45) is 33.5 Å². The van der Waals surface area contributed by atoms with Gasteiger partial charge in [0, 0.05) is 0 Å². The summed E-state index contributed by atoms with van der Waals surface area (Å²) in [5.41, 5.74) is 0.373. The molecule has 0 aromatic heterocycles. The highest BCUT2D eigenvalue weighted by Crippen LogP contribution is 2.73. The van der Waals surface area contributed by atoms with E-state index in [2.05, 4.69) is 20.8 Å². The zero-order valence-electron chi connectivity index (χ0n) is 15.9. The van der Waals surface area contributed by atoms with Gasteiger partial charge in [-0.25, -0.2) is 0 Å². The third-order valence-corrected chi connectivity index (χ3v) is 9.26. The number of hydrogen-bond donors (Lipinski definition) is 1. The van der Waals surface area contributed by atoms with Gasteiger partial charge in [0.05, 0.1) is 18.6 Å². The van der Waals surface area contributed by atoms with E-state index >= 15 is 0 Å². The van der Waals surface area contributed by atoms with Crippen LogP contribution in [0.25, 0.3) is 0 Å². The van der Waals surface area contributed by atoms with E-state index in [4.69, 9.17) is 4.74 Å². The van der Waals surface area contributed by atoms with E-state index in [-0.39, 0.29) is 28.3 Å². The van der Waals surface area contributed by atoms with Crippen LogP contribution in [0.1, 0.15) is 78.6 Å². The number of carbonyl (C=O) groups excluding carboxylic acids is 1. The third kappa shape index (κ3) is 1.91. The number of ether oxygens (including phenoxy) is 1. The van der Waals surface area contributed by atoms with Crippen LogP contribution in [0, 0.1) is 33.5 Å². The van der Waals surface area contributed by atoms with Gasteiger partial charge in [0.2, 0.25) is 0 Å². The number of fused-ring (bicyclic) bond motifs is 3. The van der Waals surface area contributed by atoms with E-state index in [1.54, 1.807) is 7.11 Å². The van der Waals surface area contributed by atoms with E-state index < -0.39 is 0 Å². The first-order valence-corrected chi connectivity index (χ1v) is 9.97. The Morgan fingerprint density at radius 3 is 2.46 bits per heavy atom. The van der Waals surface area contributed by atoms with Crippen LogP contribution in [-0.4, -0.2) is 24.3 Å². The van der Waals surface area contributed by atoms with Gasteiger partial charge >= 0.3 is 5.97 Å². The fraction of sp³-hybridized carbons (Fsp3) is 0.952. The summed E-state index contributed by atoms with van der Waals surface area (Å²) in [5, 5.41) is 10.7. The smallest absolute Gasteiger partial charge is 0.311 e. The minimum atomic E-state index is -0.318. The lowest BCUT2D eigenvalue weighted by Gasteiger charge is -2.64. The van der Waals surface area contributed by atoms with E-state index in [0.717, 1.165) is 32.1 Å². The molecule has 4 rings (SSSR count). The molecule has 4 aliphatic carbocycles. The van der Waals surface area contributed by atoms with Crippen molar-refractivity contribution in [2.75, 3.05) is 7.11 Å². The maximum absolute atomic E-state index is 12.6. The van der Waals surface area contributed by atoms with Gasteiger partial charge in [0.15, 0.2) is 0 Å². The second-order valence-corrected chi connectivity index (χ2v) is 10.4. The van der Waals surface area contributed by atoms with Crippen LogP contribution in [0.5, 0.6) is 0 Å². The molecular weight excluding hydrogens is 300 g/mol. The topological polar surface area (TPSA) is 46.5 Å². The molecule has 4 aliphatic rings. The molecule has 2 bridgehead atoms. The van der Waals surface area contributed by atoms with Gasteiger partial charge in [-0.3, -0.25) is 4.79 Å². The molecule has 0 aromatic rings. The summed E-state index contributed by atoms with van der Waals surface area (Å²) < 4.78 is 5.24. The molecule has 7 atom stereocenters. The minimum absolute atomic E-state index is 0.00137. The van der Waals surface area contributed by atoms with Crippen LogP contribution in [0.2, 0.25) is 0 Å². The van der Waals surface area contributed by atoms with Crippen LogP contribution < -0.4 is 0 Å². The fourth-order valence-corrected chi connectivity index (χ4v) is 8.21. The molecular formula is C21H34O3. The maximum atomic E-state index is 12.6. The van der Waals surface area contributed by atoms with Gasteiger partial charge in [0.1, 0.15) is 0 Å². The van der Waals surface area contributed by atoms with Crippen molar-refractivity contribution in [2.45, 2.75) is 84.7 Å². The van der Waals surface area contributed by atoms with Crippen LogP contribution in [0.15, 0.2) is 0 Å². The van der Waals surface area contributed by atoms with Gasteiger partial charge in [-0.05, 0) is 86.4 Å². The number of hydrogen-bond acceptors (Lipinski definition) is 3. The average Bonchev–Trinajstić information content (AvgIpc) is 2.70. The van der Waals surface area contributed by atoms with Gasteiger partial charge in [-0.2, -0.15) is 0 Å². The van der Waals surface area contributed by atoms with Crippen molar-refractivity contribution in [3.05, 3.63) is 0 Å². The standard InChI is InChI=1S/C21H34O3/c1-18-10-6-15-19(2)8-5-9-20(3,17(23)24-4)14(19)7-11-21(15,13-18)12-16(18)22/h14-16,22H,5-13H2,1-4H3/t14-,15+,16+,18-,19+,20+,21-/m0/s1. The van der Waals surface area contributed by atoms with Gasteiger partial charge in [-0.1, -0.05) is 20.3 Å². The maximum Gasteiger partial charge on any atom is 0.311 e. The SMILES string of the molecule is COC(=O)[C@]1(C)CCC[C@@]2(C)[C@H]3CC[C@@]4(C)C[C@]3(CC[C@@H]21)C[C@H]4O. The predicted octanol–water partition coefficient (Wildman–Crippen LogP) is 4.32. The Morgan fingerprint density at radius 2 is 1.75 bits per heavy atom. The first-order chi connectivity index (χ1) is 11.2. The number of carbonyl (C=O) groups is 1. The lowest BCUT2D eigenvalue weighted by atomic mass is 9.40. The van der Waals surface area contributed by atoms with Crippen LogP contribution >= 0.6 is 0 Å². The minimum Gasteiger partial charge on any atom is -0.469 e. The fourth-order valence-electron chi connectivity index (χ4n) is 8.21. The van der Waals surface area contributed by atoms with Crippen molar-refractivity contribution in [1.29, 1.82) is 0 Å². The molecule has 3 nitrogen and oxygen atoms in total. The number of aliphatic hydroxyl groups is 1. The summed E-state index contributed by atoms with van der Waals surface area (Å²) >= 11 is 0. The normalized spacial score (nSPS) is 56.3. The number of methoxy groups -OCH3 is 1. The van der Waals surface area contributed by atoms with Crippen LogP contribution in [0.3, 0.4) is 0 Å². The van der Waals surface area contributed by atoms with E-state index in [0.29, 0.717) is 17.3 Å². The van der Waals surface area contributed by atoms with Crippen molar-refractivity contribution in [3.63, 3.8) is 0 Å². The molecule has 0 unspecified atom stereocenters. The van der Waals surface area contributed by atoms with Crippen molar-refractivity contribution >= 4 is 5.97 Å². The largest absolute Gasteiger partial charge is 0.469 e. The highest BCUT2D eigenvalue weighted by molar-refractivity contribution is 5.77. The van der Waals surface area contributed by atoms with E-state index in [9.17, 15) is 9.90 Å². The molecule has 0 amide bonds. The van der Waals surface area contributed by atoms with Crippen molar-refractivity contribution in [1.82, 2.24) is 0 Å². The summed E-state index contributed by atoms with van der Waals surface area (Å²) in [4.78, 5) is 12.6. The second-order valence-electron chi connectivity index (χ2n) is 10.4. The molecule has 1 spiro atoms. The van der Waals surface area contributed by atoms with Gasteiger partial charge < -0.3 is 9.84 Å². The Morgan fingerprint density at radius 1 is 1.04 bits per heavy atom. The Balaban J connectivity index is 1.72. The molecule has 24 heavy (non-hydrogen) atoms. The summed E-state index contributed by atoms with van der Waals surface area (Å²) in [5.74, 6) is 1.10. The van der Waals surface area contributed by atoms with Crippen LogP contribution in [-0.2, 0) is 9.53 Å². The molecule has 136 valence electrons.